The third-order valence-electron chi connectivity index (χ3n) is 6.47. The predicted octanol–water partition coefficient (Wildman–Crippen LogP) is 3.61. The summed E-state index contributed by atoms with van der Waals surface area (Å²) in [5.74, 6) is -1.29. The van der Waals surface area contributed by atoms with Crippen LogP contribution in [0, 0.1) is 18.8 Å². The molecule has 0 aromatic carbocycles. The number of pyridine rings is 1. The number of aryl methyl sites for hydroxylation is 1. The number of carboxylic acid groups (broad SMARTS) is 1. The van der Waals surface area contributed by atoms with Crippen molar-refractivity contribution < 1.29 is 14.7 Å². The maximum Gasteiger partial charge on any atom is 0.306 e. The standard InChI is InChI=1S/C24H25N7O3/c1-14-4-6-18(26-11-14)21-19(28-23(32)17-12-27-30-9-3-8-25-22(17)30)13-31(29-21)20-7-5-16(24(33)34)10-15(20)2/h3-4,6,8-9,11-13,15-16,20H,5,7,10H2,1-2H3,(H,28,32)(H,33,34). The summed E-state index contributed by atoms with van der Waals surface area (Å²) in [4.78, 5) is 33.4. The Hall–Kier alpha value is -4.08. The fourth-order valence-corrected chi connectivity index (χ4v) is 4.62. The minimum absolute atomic E-state index is 0.0316. The van der Waals surface area contributed by atoms with Gasteiger partial charge in [0, 0.05) is 24.8 Å². The van der Waals surface area contributed by atoms with E-state index in [0.717, 1.165) is 5.56 Å². The zero-order valence-electron chi connectivity index (χ0n) is 18.9. The molecule has 1 aliphatic carbocycles. The summed E-state index contributed by atoms with van der Waals surface area (Å²) in [5.41, 5.74) is 3.57. The molecule has 10 heteroatoms. The number of anilines is 1. The van der Waals surface area contributed by atoms with Crippen LogP contribution in [0.4, 0.5) is 5.69 Å². The van der Waals surface area contributed by atoms with Crippen LogP contribution < -0.4 is 5.32 Å². The Morgan fingerprint density at radius 2 is 2.03 bits per heavy atom. The predicted molar refractivity (Wildman–Crippen MR) is 124 cm³/mol. The molecule has 1 amide bonds. The Bertz CT molecular complexity index is 1360. The van der Waals surface area contributed by atoms with E-state index >= 15 is 0 Å². The van der Waals surface area contributed by atoms with E-state index in [4.69, 9.17) is 5.10 Å². The van der Waals surface area contributed by atoms with Gasteiger partial charge in [-0.3, -0.25) is 19.3 Å². The van der Waals surface area contributed by atoms with Crippen LogP contribution >= 0.6 is 0 Å². The van der Waals surface area contributed by atoms with Gasteiger partial charge in [-0.2, -0.15) is 10.2 Å². The van der Waals surface area contributed by atoms with Gasteiger partial charge in [0.1, 0.15) is 11.3 Å². The highest BCUT2D eigenvalue weighted by molar-refractivity contribution is 6.09. The van der Waals surface area contributed by atoms with Crippen molar-refractivity contribution in [2.75, 3.05) is 5.32 Å². The number of carbonyl (C=O) groups is 2. The van der Waals surface area contributed by atoms with Crippen molar-refractivity contribution in [2.45, 2.75) is 39.2 Å². The molecule has 10 nitrogen and oxygen atoms in total. The molecular formula is C24H25N7O3. The molecule has 0 bridgehead atoms. The Balaban J connectivity index is 1.49. The SMILES string of the molecule is Cc1ccc(-c2nn(C3CCC(C(=O)O)CC3C)cc2NC(=O)c2cnn3cccnc23)nc1. The largest absolute Gasteiger partial charge is 0.481 e. The number of nitrogens with one attached hydrogen (secondary N) is 1. The number of nitrogens with zero attached hydrogens (tertiary/aromatic N) is 6. The number of rotatable bonds is 5. The molecule has 174 valence electrons. The van der Waals surface area contributed by atoms with Gasteiger partial charge in [-0.1, -0.05) is 13.0 Å². The normalized spacial score (nSPS) is 20.4. The second kappa shape index (κ2) is 8.69. The first kappa shape index (κ1) is 21.7. The molecule has 0 aliphatic heterocycles. The molecule has 3 unspecified atom stereocenters. The van der Waals surface area contributed by atoms with Crippen LogP contribution in [-0.4, -0.2) is 46.3 Å². The highest BCUT2D eigenvalue weighted by Crippen LogP contribution is 2.38. The van der Waals surface area contributed by atoms with Crippen molar-refractivity contribution in [1.29, 1.82) is 0 Å². The lowest BCUT2D eigenvalue weighted by atomic mass is 9.79. The number of carbonyl (C=O) groups excluding carboxylic acids is 1. The fraction of sp³-hybridized carbons (Fsp3) is 0.333. The van der Waals surface area contributed by atoms with Gasteiger partial charge in [-0.15, -0.1) is 0 Å². The topological polar surface area (TPSA) is 127 Å². The quantitative estimate of drug-likeness (QED) is 0.467. The van der Waals surface area contributed by atoms with E-state index < -0.39 is 5.97 Å². The van der Waals surface area contributed by atoms with Crippen molar-refractivity contribution >= 4 is 23.2 Å². The van der Waals surface area contributed by atoms with Gasteiger partial charge in [0.2, 0.25) is 0 Å². The van der Waals surface area contributed by atoms with Gasteiger partial charge >= 0.3 is 5.97 Å². The number of carboxylic acids is 1. The summed E-state index contributed by atoms with van der Waals surface area (Å²) >= 11 is 0. The first-order valence-corrected chi connectivity index (χ1v) is 11.3. The molecule has 4 aromatic rings. The van der Waals surface area contributed by atoms with Crippen LogP contribution in [-0.2, 0) is 4.79 Å². The van der Waals surface area contributed by atoms with Crippen LogP contribution in [0.1, 0.15) is 48.1 Å². The van der Waals surface area contributed by atoms with Crippen LogP contribution in [0.2, 0.25) is 0 Å². The minimum atomic E-state index is -0.745. The Morgan fingerprint density at radius 3 is 2.76 bits per heavy atom. The lowest BCUT2D eigenvalue weighted by Gasteiger charge is -2.32. The molecule has 0 spiro atoms. The molecule has 5 rings (SSSR count). The number of fused-ring (bicyclic) bond motifs is 1. The Morgan fingerprint density at radius 1 is 1.18 bits per heavy atom. The zero-order chi connectivity index (χ0) is 23.8. The molecule has 1 saturated carbocycles. The van der Waals surface area contributed by atoms with Crippen LogP contribution in [0.15, 0.2) is 49.2 Å². The molecule has 2 N–H and O–H groups in total. The molecule has 0 radical (unpaired) electrons. The Labute approximate surface area is 195 Å². The third-order valence-corrected chi connectivity index (χ3v) is 6.47. The van der Waals surface area contributed by atoms with Crippen molar-refractivity contribution in [3.63, 3.8) is 0 Å². The first-order valence-electron chi connectivity index (χ1n) is 11.3. The molecule has 1 fully saturated rings. The van der Waals surface area contributed by atoms with Crippen molar-refractivity contribution in [3.05, 3.63) is 60.3 Å². The number of aliphatic carboxylic acids is 1. The highest BCUT2D eigenvalue weighted by Gasteiger charge is 2.33. The first-order chi connectivity index (χ1) is 16.4. The summed E-state index contributed by atoms with van der Waals surface area (Å²) in [7, 11) is 0. The molecule has 1 aliphatic rings. The minimum Gasteiger partial charge on any atom is -0.481 e. The maximum atomic E-state index is 13.2. The average Bonchev–Trinajstić information content (AvgIpc) is 3.44. The van der Waals surface area contributed by atoms with Crippen LogP contribution in [0.5, 0.6) is 0 Å². The van der Waals surface area contributed by atoms with Gasteiger partial charge < -0.3 is 10.4 Å². The monoisotopic (exact) mass is 459 g/mol. The van der Waals surface area contributed by atoms with E-state index in [2.05, 4.69) is 20.4 Å². The molecule has 0 saturated heterocycles. The summed E-state index contributed by atoms with van der Waals surface area (Å²) in [5, 5.41) is 21.4. The maximum absolute atomic E-state index is 13.2. The van der Waals surface area contributed by atoms with Crippen LogP contribution in [0.25, 0.3) is 17.0 Å². The lowest BCUT2D eigenvalue weighted by molar-refractivity contribution is -0.143. The fourth-order valence-electron chi connectivity index (χ4n) is 4.62. The van der Waals surface area contributed by atoms with Crippen molar-refractivity contribution in [2.24, 2.45) is 11.8 Å². The van der Waals surface area contributed by atoms with Gasteiger partial charge in [-0.25, -0.2) is 9.50 Å². The number of amides is 1. The summed E-state index contributed by atoms with van der Waals surface area (Å²) in [6.45, 7) is 4.01. The van der Waals surface area contributed by atoms with E-state index in [1.165, 1.54) is 6.20 Å². The molecular weight excluding hydrogens is 434 g/mol. The molecule has 4 heterocycles. The van der Waals surface area contributed by atoms with Crippen molar-refractivity contribution in [3.8, 4) is 11.4 Å². The van der Waals surface area contributed by atoms with E-state index in [1.54, 1.807) is 29.2 Å². The van der Waals surface area contributed by atoms with Gasteiger partial charge in [0.15, 0.2) is 5.65 Å². The summed E-state index contributed by atoms with van der Waals surface area (Å²) in [6.07, 6.45) is 10.3. The molecule has 3 atom stereocenters. The number of hydrogen-bond donors (Lipinski definition) is 2. The average molecular weight is 460 g/mol. The summed E-state index contributed by atoms with van der Waals surface area (Å²) < 4.78 is 3.40. The second-order valence-corrected chi connectivity index (χ2v) is 8.89. The highest BCUT2D eigenvalue weighted by atomic mass is 16.4. The van der Waals surface area contributed by atoms with Crippen LogP contribution in [0.3, 0.4) is 0 Å². The number of hydrogen-bond acceptors (Lipinski definition) is 6. The van der Waals surface area contributed by atoms with E-state index in [-0.39, 0.29) is 23.8 Å². The Kier molecular flexibility index (Phi) is 5.56. The van der Waals surface area contributed by atoms with E-state index in [9.17, 15) is 14.7 Å². The smallest absolute Gasteiger partial charge is 0.306 e. The van der Waals surface area contributed by atoms with Gasteiger partial charge in [-0.05, 0) is 49.8 Å². The third kappa shape index (κ3) is 4.02. The second-order valence-electron chi connectivity index (χ2n) is 8.89. The zero-order valence-corrected chi connectivity index (χ0v) is 18.9. The summed E-state index contributed by atoms with van der Waals surface area (Å²) in [6, 6.07) is 5.60. The lowest BCUT2D eigenvalue weighted by Crippen LogP contribution is -2.29. The van der Waals surface area contributed by atoms with E-state index in [0.29, 0.717) is 47.5 Å². The van der Waals surface area contributed by atoms with Crippen molar-refractivity contribution in [1.82, 2.24) is 29.4 Å². The molecule has 34 heavy (non-hydrogen) atoms. The molecule has 4 aromatic heterocycles. The van der Waals surface area contributed by atoms with E-state index in [1.807, 2.05) is 36.9 Å². The number of aromatic nitrogens is 6. The van der Waals surface area contributed by atoms with Gasteiger partial charge in [0.05, 0.1) is 29.5 Å². The van der Waals surface area contributed by atoms with Gasteiger partial charge in [0.25, 0.3) is 5.91 Å².